The lowest BCUT2D eigenvalue weighted by Gasteiger charge is -2.17. The van der Waals surface area contributed by atoms with Crippen molar-refractivity contribution in [2.24, 2.45) is 0 Å². The molecular weight excluding hydrogens is 316 g/mol. The standard InChI is InChI=1S/C12H15BrN2O4/c1-6-3-8(13)5-9(4-6)14-12(19)15-10(7(2)16)11(17)18/h3-5,7,10,16H,1-2H3,(H,17,18)(H2,14,15,19)/t7-,10+/m1/s1. The van der Waals surface area contributed by atoms with Gasteiger partial charge in [-0.25, -0.2) is 9.59 Å². The third kappa shape index (κ3) is 4.88. The van der Waals surface area contributed by atoms with Crippen molar-refractivity contribution < 1.29 is 19.8 Å². The molecule has 104 valence electrons. The lowest BCUT2D eigenvalue weighted by molar-refractivity contribution is -0.141. The van der Waals surface area contributed by atoms with Gasteiger partial charge in [0.1, 0.15) is 0 Å². The summed E-state index contributed by atoms with van der Waals surface area (Å²) in [5, 5.41) is 22.8. The first-order chi connectivity index (χ1) is 8.79. The topological polar surface area (TPSA) is 98.7 Å². The molecule has 0 aliphatic carbocycles. The van der Waals surface area contributed by atoms with E-state index in [1.807, 2.05) is 13.0 Å². The molecule has 4 N–H and O–H groups in total. The summed E-state index contributed by atoms with van der Waals surface area (Å²) in [6, 6.07) is 3.26. The number of anilines is 1. The van der Waals surface area contributed by atoms with Crippen LogP contribution in [0, 0.1) is 6.92 Å². The minimum Gasteiger partial charge on any atom is -0.480 e. The van der Waals surface area contributed by atoms with E-state index in [1.54, 1.807) is 12.1 Å². The Bertz CT molecular complexity index is 470. The molecule has 2 atom stereocenters. The van der Waals surface area contributed by atoms with Gasteiger partial charge in [0.25, 0.3) is 0 Å². The number of rotatable bonds is 4. The highest BCUT2D eigenvalue weighted by Crippen LogP contribution is 2.18. The molecule has 1 rings (SSSR count). The van der Waals surface area contributed by atoms with Crippen molar-refractivity contribution in [1.82, 2.24) is 5.32 Å². The van der Waals surface area contributed by atoms with Crippen LogP contribution in [0.5, 0.6) is 0 Å². The first-order valence-electron chi connectivity index (χ1n) is 5.55. The van der Waals surface area contributed by atoms with Gasteiger partial charge in [-0.3, -0.25) is 0 Å². The van der Waals surface area contributed by atoms with Crippen LogP contribution in [0.25, 0.3) is 0 Å². The van der Waals surface area contributed by atoms with Crippen LogP contribution in [-0.4, -0.2) is 34.4 Å². The molecule has 1 aromatic carbocycles. The largest absolute Gasteiger partial charge is 0.480 e. The number of aryl methyl sites for hydroxylation is 1. The normalized spacial score (nSPS) is 13.5. The summed E-state index contributed by atoms with van der Waals surface area (Å²) in [7, 11) is 0. The number of benzene rings is 1. The maximum atomic E-state index is 11.6. The number of aliphatic carboxylic acids is 1. The summed E-state index contributed by atoms with van der Waals surface area (Å²) in [5.74, 6) is -1.30. The summed E-state index contributed by atoms with van der Waals surface area (Å²) in [6.45, 7) is 3.16. The van der Waals surface area contributed by atoms with Gasteiger partial charge in [-0.1, -0.05) is 15.9 Å². The number of carboxylic acid groups (broad SMARTS) is 1. The van der Waals surface area contributed by atoms with Crippen LogP contribution in [0.15, 0.2) is 22.7 Å². The van der Waals surface area contributed by atoms with Gasteiger partial charge >= 0.3 is 12.0 Å². The quantitative estimate of drug-likeness (QED) is 0.675. The van der Waals surface area contributed by atoms with Crippen molar-refractivity contribution in [3.05, 3.63) is 28.2 Å². The number of aliphatic hydroxyl groups excluding tert-OH is 1. The number of carbonyl (C=O) groups is 2. The SMILES string of the molecule is Cc1cc(Br)cc(NC(=O)N[C@H](C(=O)O)[C@@H](C)O)c1. The summed E-state index contributed by atoms with van der Waals surface area (Å²) in [6.07, 6.45) is -1.19. The van der Waals surface area contributed by atoms with Crippen molar-refractivity contribution in [2.45, 2.75) is 26.0 Å². The molecule has 0 fully saturated rings. The van der Waals surface area contributed by atoms with Gasteiger partial charge in [-0.2, -0.15) is 0 Å². The highest BCUT2D eigenvalue weighted by atomic mass is 79.9. The summed E-state index contributed by atoms with van der Waals surface area (Å²) in [4.78, 5) is 22.5. The Morgan fingerprint density at radius 1 is 1.32 bits per heavy atom. The van der Waals surface area contributed by atoms with Crippen LogP contribution < -0.4 is 10.6 Å². The van der Waals surface area contributed by atoms with Gasteiger partial charge in [0.15, 0.2) is 6.04 Å². The molecule has 7 heteroatoms. The fourth-order valence-electron chi connectivity index (χ4n) is 1.51. The van der Waals surface area contributed by atoms with Crippen molar-refractivity contribution in [2.75, 3.05) is 5.32 Å². The number of aliphatic hydroxyl groups is 1. The van der Waals surface area contributed by atoms with E-state index in [-0.39, 0.29) is 0 Å². The van der Waals surface area contributed by atoms with Crippen LogP contribution in [0.1, 0.15) is 12.5 Å². The van der Waals surface area contributed by atoms with Gasteiger partial charge in [0, 0.05) is 10.2 Å². The minimum absolute atomic E-state index is 0.527. The number of amides is 2. The van der Waals surface area contributed by atoms with Gasteiger partial charge < -0.3 is 20.8 Å². The molecule has 0 saturated carbocycles. The minimum atomic E-state index is -1.35. The van der Waals surface area contributed by atoms with E-state index >= 15 is 0 Å². The molecule has 6 nitrogen and oxygen atoms in total. The van der Waals surface area contributed by atoms with E-state index < -0.39 is 24.1 Å². The van der Waals surface area contributed by atoms with E-state index in [0.29, 0.717) is 5.69 Å². The Morgan fingerprint density at radius 2 is 1.95 bits per heavy atom. The molecule has 0 spiro atoms. The maximum Gasteiger partial charge on any atom is 0.328 e. The molecule has 0 bridgehead atoms. The van der Waals surface area contributed by atoms with E-state index in [9.17, 15) is 14.7 Å². The first-order valence-corrected chi connectivity index (χ1v) is 6.34. The lowest BCUT2D eigenvalue weighted by atomic mass is 10.2. The van der Waals surface area contributed by atoms with Gasteiger partial charge in [-0.15, -0.1) is 0 Å². The molecular formula is C12H15BrN2O4. The van der Waals surface area contributed by atoms with Gasteiger partial charge in [-0.05, 0) is 37.6 Å². The Balaban J connectivity index is 2.71. The Kier molecular flexibility index (Phi) is 5.31. The third-order valence-corrected chi connectivity index (χ3v) is 2.79. The Hall–Kier alpha value is -1.60. The smallest absolute Gasteiger partial charge is 0.328 e. The fourth-order valence-corrected chi connectivity index (χ4v) is 2.11. The molecule has 19 heavy (non-hydrogen) atoms. The number of nitrogens with one attached hydrogen (secondary N) is 2. The zero-order valence-electron chi connectivity index (χ0n) is 10.5. The maximum absolute atomic E-state index is 11.6. The van der Waals surface area contributed by atoms with Crippen molar-refractivity contribution in [1.29, 1.82) is 0 Å². The number of urea groups is 1. The van der Waals surface area contributed by atoms with Crippen LogP contribution in [-0.2, 0) is 4.79 Å². The van der Waals surface area contributed by atoms with E-state index in [4.69, 9.17) is 5.11 Å². The monoisotopic (exact) mass is 330 g/mol. The number of hydrogen-bond acceptors (Lipinski definition) is 3. The highest BCUT2D eigenvalue weighted by molar-refractivity contribution is 9.10. The predicted molar refractivity (Wildman–Crippen MR) is 74.1 cm³/mol. The van der Waals surface area contributed by atoms with Crippen LogP contribution in [0.3, 0.4) is 0 Å². The Labute approximate surface area is 118 Å². The summed E-state index contributed by atoms with van der Waals surface area (Å²) >= 11 is 3.29. The molecule has 0 radical (unpaired) electrons. The second kappa shape index (κ2) is 6.53. The van der Waals surface area contributed by atoms with E-state index in [2.05, 4.69) is 26.6 Å². The second-order valence-electron chi connectivity index (χ2n) is 4.17. The number of halogens is 1. The number of hydrogen-bond donors (Lipinski definition) is 4. The first kappa shape index (κ1) is 15.5. The van der Waals surface area contributed by atoms with Gasteiger partial charge in [0.05, 0.1) is 6.10 Å². The van der Waals surface area contributed by atoms with Gasteiger partial charge in [0.2, 0.25) is 0 Å². The van der Waals surface area contributed by atoms with Crippen molar-refractivity contribution >= 4 is 33.6 Å². The van der Waals surface area contributed by atoms with E-state index in [0.717, 1.165) is 10.0 Å². The summed E-state index contributed by atoms with van der Waals surface area (Å²) in [5.41, 5.74) is 1.47. The molecule has 0 aliphatic rings. The number of carbonyl (C=O) groups excluding carboxylic acids is 1. The average Bonchev–Trinajstić information content (AvgIpc) is 2.23. The molecule has 0 aliphatic heterocycles. The van der Waals surface area contributed by atoms with Crippen LogP contribution in [0.2, 0.25) is 0 Å². The van der Waals surface area contributed by atoms with Crippen molar-refractivity contribution in [3.8, 4) is 0 Å². The molecule has 0 unspecified atom stereocenters. The highest BCUT2D eigenvalue weighted by Gasteiger charge is 2.24. The van der Waals surface area contributed by atoms with Crippen LogP contribution in [0.4, 0.5) is 10.5 Å². The molecule has 0 saturated heterocycles. The second-order valence-corrected chi connectivity index (χ2v) is 5.09. The molecule has 2 amide bonds. The third-order valence-electron chi connectivity index (χ3n) is 2.34. The van der Waals surface area contributed by atoms with Crippen molar-refractivity contribution in [3.63, 3.8) is 0 Å². The average molecular weight is 331 g/mol. The predicted octanol–water partition coefficient (Wildman–Crippen LogP) is 1.71. The fraction of sp³-hybridized carbons (Fsp3) is 0.333. The Morgan fingerprint density at radius 3 is 2.42 bits per heavy atom. The molecule has 0 aromatic heterocycles. The lowest BCUT2D eigenvalue weighted by Crippen LogP contribution is -2.49. The van der Waals surface area contributed by atoms with Crippen LogP contribution >= 0.6 is 15.9 Å². The van der Waals surface area contributed by atoms with E-state index in [1.165, 1.54) is 6.92 Å². The molecule has 1 aromatic rings. The zero-order valence-corrected chi connectivity index (χ0v) is 12.1. The zero-order chi connectivity index (χ0) is 14.6. The number of carboxylic acids is 1. The summed E-state index contributed by atoms with van der Waals surface area (Å²) < 4.78 is 0.799. The molecule has 0 heterocycles.